The second-order valence-corrected chi connectivity index (χ2v) is 5.99. The minimum Gasteiger partial charge on any atom is -0.487 e. The van der Waals surface area contributed by atoms with Crippen molar-refractivity contribution >= 4 is 11.3 Å². The van der Waals surface area contributed by atoms with Crippen LogP contribution in [0.5, 0.6) is 5.75 Å². The van der Waals surface area contributed by atoms with Crippen LogP contribution in [0.2, 0.25) is 0 Å². The minimum atomic E-state index is 0.660. The van der Waals surface area contributed by atoms with Gasteiger partial charge in [-0.1, -0.05) is 12.1 Å². The molecule has 1 fully saturated rings. The van der Waals surface area contributed by atoms with Gasteiger partial charge in [-0.25, -0.2) is 4.98 Å². The Balaban J connectivity index is 1.66. The van der Waals surface area contributed by atoms with Crippen LogP contribution in [0, 0.1) is 0 Å². The van der Waals surface area contributed by atoms with Crippen LogP contribution < -0.4 is 10.1 Å². The molecule has 1 aliphatic heterocycles. The quantitative estimate of drug-likeness (QED) is 0.919. The van der Waals surface area contributed by atoms with Gasteiger partial charge in [0, 0.05) is 18.2 Å². The highest BCUT2D eigenvalue weighted by molar-refractivity contribution is 7.12. The molecule has 4 heteroatoms. The van der Waals surface area contributed by atoms with Gasteiger partial charge in [0.2, 0.25) is 0 Å². The SMILES string of the molecule is c1ccc2c(c1)OCc1sc(CNC3CC3)nc1-2. The molecular weight excluding hydrogens is 244 g/mol. The molecule has 0 radical (unpaired) electrons. The zero-order valence-corrected chi connectivity index (χ0v) is 10.8. The number of nitrogens with zero attached hydrogens (tertiary/aromatic N) is 1. The summed E-state index contributed by atoms with van der Waals surface area (Å²) in [4.78, 5) is 6.02. The summed E-state index contributed by atoms with van der Waals surface area (Å²) in [5, 5.41) is 4.69. The molecule has 1 aliphatic carbocycles. The van der Waals surface area contributed by atoms with E-state index in [0.717, 1.165) is 29.6 Å². The highest BCUT2D eigenvalue weighted by Gasteiger charge is 2.23. The van der Waals surface area contributed by atoms with Crippen molar-refractivity contribution in [3.8, 4) is 17.0 Å². The Morgan fingerprint density at radius 1 is 1.33 bits per heavy atom. The van der Waals surface area contributed by atoms with Crippen LogP contribution in [-0.4, -0.2) is 11.0 Å². The summed E-state index contributed by atoms with van der Waals surface area (Å²) in [6, 6.07) is 8.88. The zero-order chi connectivity index (χ0) is 11.9. The molecule has 0 saturated heterocycles. The standard InChI is InChI=1S/C14H14N2OS/c1-2-4-11-10(3-1)14-12(8-17-11)18-13(16-14)7-15-9-5-6-9/h1-4,9,15H,5-8H2. The lowest BCUT2D eigenvalue weighted by Crippen LogP contribution is -2.14. The summed E-state index contributed by atoms with van der Waals surface area (Å²) < 4.78 is 5.75. The van der Waals surface area contributed by atoms with E-state index in [0.29, 0.717) is 6.61 Å². The van der Waals surface area contributed by atoms with Gasteiger partial charge >= 0.3 is 0 Å². The maximum atomic E-state index is 5.75. The van der Waals surface area contributed by atoms with Gasteiger partial charge < -0.3 is 10.1 Å². The Hall–Kier alpha value is -1.39. The van der Waals surface area contributed by atoms with Crippen molar-refractivity contribution in [2.75, 3.05) is 0 Å². The fourth-order valence-corrected chi connectivity index (χ4v) is 3.18. The topological polar surface area (TPSA) is 34.1 Å². The van der Waals surface area contributed by atoms with Crippen molar-refractivity contribution in [3.05, 3.63) is 34.2 Å². The Bertz CT molecular complexity index is 589. The van der Waals surface area contributed by atoms with Crippen molar-refractivity contribution in [1.82, 2.24) is 10.3 Å². The molecule has 1 aromatic heterocycles. The second-order valence-electron chi connectivity index (χ2n) is 4.82. The first-order chi connectivity index (χ1) is 8.90. The molecule has 92 valence electrons. The van der Waals surface area contributed by atoms with Crippen molar-refractivity contribution in [3.63, 3.8) is 0 Å². The molecule has 4 rings (SSSR count). The van der Waals surface area contributed by atoms with E-state index in [2.05, 4.69) is 11.4 Å². The summed E-state index contributed by atoms with van der Waals surface area (Å²) in [5.41, 5.74) is 2.25. The van der Waals surface area contributed by atoms with Gasteiger partial charge in [0.05, 0.1) is 10.6 Å². The molecule has 0 bridgehead atoms. The number of fused-ring (bicyclic) bond motifs is 3. The van der Waals surface area contributed by atoms with Crippen LogP contribution in [0.15, 0.2) is 24.3 Å². The van der Waals surface area contributed by atoms with Crippen LogP contribution in [0.4, 0.5) is 0 Å². The predicted molar refractivity (Wildman–Crippen MR) is 71.7 cm³/mol. The summed E-state index contributed by atoms with van der Waals surface area (Å²) in [6.45, 7) is 1.55. The summed E-state index contributed by atoms with van der Waals surface area (Å²) in [6.07, 6.45) is 2.63. The van der Waals surface area contributed by atoms with Crippen LogP contribution in [0.25, 0.3) is 11.3 Å². The molecule has 1 N–H and O–H groups in total. The Kier molecular flexibility index (Phi) is 2.38. The summed E-state index contributed by atoms with van der Waals surface area (Å²) >= 11 is 1.77. The maximum absolute atomic E-state index is 5.75. The number of nitrogens with one attached hydrogen (secondary N) is 1. The number of para-hydroxylation sites is 1. The highest BCUT2D eigenvalue weighted by Crippen LogP contribution is 2.39. The lowest BCUT2D eigenvalue weighted by Gasteiger charge is -2.15. The molecule has 0 unspecified atom stereocenters. The molecule has 0 spiro atoms. The Labute approximate surface area is 110 Å². The van der Waals surface area contributed by atoms with Crippen LogP contribution in [-0.2, 0) is 13.2 Å². The molecule has 1 saturated carbocycles. The van der Waals surface area contributed by atoms with E-state index in [1.54, 1.807) is 11.3 Å². The van der Waals surface area contributed by atoms with E-state index < -0.39 is 0 Å². The monoisotopic (exact) mass is 258 g/mol. The third kappa shape index (κ3) is 1.82. The number of hydrogen-bond donors (Lipinski definition) is 1. The molecule has 1 aromatic carbocycles. The van der Waals surface area contributed by atoms with Gasteiger partial charge in [-0.3, -0.25) is 0 Å². The zero-order valence-electron chi connectivity index (χ0n) is 9.98. The van der Waals surface area contributed by atoms with E-state index >= 15 is 0 Å². The van der Waals surface area contributed by atoms with Crippen LogP contribution in [0.3, 0.4) is 0 Å². The van der Waals surface area contributed by atoms with Crippen LogP contribution in [0.1, 0.15) is 22.7 Å². The highest BCUT2D eigenvalue weighted by atomic mass is 32.1. The van der Waals surface area contributed by atoms with Gasteiger partial charge in [0.15, 0.2) is 0 Å². The third-order valence-electron chi connectivity index (χ3n) is 3.36. The summed E-state index contributed by atoms with van der Waals surface area (Å²) in [5.74, 6) is 0.956. The number of thiazole rings is 1. The fourth-order valence-electron chi connectivity index (χ4n) is 2.23. The largest absolute Gasteiger partial charge is 0.487 e. The first-order valence-corrected chi connectivity index (χ1v) is 7.16. The van der Waals surface area contributed by atoms with E-state index in [-0.39, 0.29) is 0 Å². The molecule has 18 heavy (non-hydrogen) atoms. The van der Waals surface area contributed by atoms with Crippen molar-refractivity contribution in [2.24, 2.45) is 0 Å². The van der Waals surface area contributed by atoms with Gasteiger partial charge in [-0.05, 0) is 25.0 Å². The lowest BCUT2D eigenvalue weighted by molar-refractivity contribution is 0.305. The summed E-state index contributed by atoms with van der Waals surface area (Å²) in [7, 11) is 0. The normalized spacial score (nSPS) is 16.9. The average Bonchev–Trinajstić information content (AvgIpc) is 3.14. The number of ether oxygens (including phenoxy) is 1. The molecule has 2 aromatic rings. The Morgan fingerprint density at radius 2 is 2.22 bits per heavy atom. The fraction of sp³-hybridized carbons (Fsp3) is 0.357. The van der Waals surface area contributed by atoms with E-state index in [1.807, 2.05) is 18.2 Å². The number of benzene rings is 1. The first-order valence-electron chi connectivity index (χ1n) is 6.34. The molecule has 3 nitrogen and oxygen atoms in total. The molecule has 0 atom stereocenters. The number of aromatic nitrogens is 1. The number of rotatable bonds is 3. The third-order valence-corrected chi connectivity index (χ3v) is 4.39. The van der Waals surface area contributed by atoms with Crippen LogP contribution >= 0.6 is 11.3 Å². The smallest absolute Gasteiger partial charge is 0.129 e. The van der Waals surface area contributed by atoms with Gasteiger partial charge in [-0.15, -0.1) is 11.3 Å². The molecular formula is C14H14N2OS. The first kappa shape index (κ1) is 10.5. The van der Waals surface area contributed by atoms with Gasteiger partial charge in [0.25, 0.3) is 0 Å². The number of hydrogen-bond acceptors (Lipinski definition) is 4. The van der Waals surface area contributed by atoms with Gasteiger partial charge in [0.1, 0.15) is 17.4 Å². The van der Waals surface area contributed by atoms with E-state index in [4.69, 9.17) is 9.72 Å². The Morgan fingerprint density at radius 3 is 3.11 bits per heavy atom. The van der Waals surface area contributed by atoms with Crippen molar-refractivity contribution in [2.45, 2.75) is 32.0 Å². The second kappa shape index (κ2) is 4.07. The molecule has 2 heterocycles. The maximum Gasteiger partial charge on any atom is 0.129 e. The predicted octanol–water partition coefficient (Wildman–Crippen LogP) is 2.95. The van der Waals surface area contributed by atoms with E-state index in [1.165, 1.54) is 22.7 Å². The average molecular weight is 258 g/mol. The molecule has 0 amide bonds. The molecule has 2 aliphatic rings. The van der Waals surface area contributed by atoms with Gasteiger partial charge in [-0.2, -0.15) is 0 Å². The lowest BCUT2D eigenvalue weighted by atomic mass is 10.1. The van der Waals surface area contributed by atoms with Crippen molar-refractivity contribution in [1.29, 1.82) is 0 Å². The van der Waals surface area contributed by atoms with E-state index in [9.17, 15) is 0 Å². The minimum absolute atomic E-state index is 0.660. The van der Waals surface area contributed by atoms with Crippen molar-refractivity contribution < 1.29 is 4.74 Å².